The summed E-state index contributed by atoms with van der Waals surface area (Å²) >= 11 is 5.84. The zero-order valence-corrected chi connectivity index (χ0v) is 21.4. The maximum Gasteiger partial charge on any atom is 0.192 e. The van der Waals surface area contributed by atoms with Crippen molar-refractivity contribution in [2.45, 2.75) is 116 Å². The SMILES string of the molecule is CC(C)(C)[Si](C)(C)O[C@]1(C)CC[C@H]2[C@H](CC[C@@H]3[C@@H]2CC[C@]2(C)C(=S)CC[C@@H]32)C1. The predicted molar refractivity (Wildman–Crippen MR) is 126 cm³/mol. The maximum absolute atomic E-state index is 7.04. The molecule has 0 unspecified atom stereocenters. The van der Waals surface area contributed by atoms with Crippen LogP contribution >= 0.6 is 12.2 Å². The second-order valence-electron chi connectivity index (χ2n) is 12.9. The number of fused-ring (bicyclic) bond motifs is 5. The lowest BCUT2D eigenvalue weighted by atomic mass is 9.50. The Kier molecular flexibility index (Phi) is 5.29. The van der Waals surface area contributed by atoms with Crippen LogP contribution in [-0.2, 0) is 4.43 Å². The zero-order chi connectivity index (χ0) is 20.5. The van der Waals surface area contributed by atoms with Gasteiger partial charge in [-0.05, 0) is 117 Å². The van der Waals surface area contributed by atoms with Crippen molar-refractivity contribution in [3.8, 4) is 0 Å². The van der Waals surface area contributed by atoms with Gasteiger partial charge >= 0.3 is 0 Å². The fraction of sp³-hybridized carbons (Fsp3) is 0.960. The van der Waals surface area contributed by atoms with E-state index >= 15 is 0 Å². The smallest absolute Gasteiger partial charge is 0.192 e. The van der Waals surface area contributed by atoms with Gasteiger partial charge in [0.25, 0.3) is 0 Å². The highest BCUT2D eigenvalue weighted by Crippen LogP contribution is 2.62. The normalized spacial score (nSPS) is 46.7. The van der Waals surface area contributed by atoms with E-state index in [1.54, 1.807) is 0 Å². The first-order valence-corrected chi connectivity index (χ1v) is 15.4. The Balaban J connectivity index is 1.47. The zero-order valence-electron chi connectivity index (χ0n) is 19.6. The minimum absolute atomic E-state index is 0.120. The Bertz CT molecular complexity index is 637. The molecule has 0 bridgehead atoms. The molecule has 0 amide bonds. The van der Waals surface area contributed by atoms with Gasteiger partial charge in [0.2, 0.25) is 0 Å². The molecule has 4 saturated carbocycles. The molecule has 0 radical (unpaired) electrons. The van der Waals surface area contributed by atoms with E-state index in [-0.39, 0.29) is 5.60 Å². The molecule has 160 valence electrons. The standard InChI is InChI=1S/C25H44OSSi/c1-23(2,3)28(6,7)26-24(4)14-12-18-17(16-24)8-9-20-19(18)13-15-25(5)21(20)10-11-22(25)27/h17-21H,8-16H2,1-7H3/t17-,18+,19-,20-,21+,24-,25+/m1/s1. The lowest BCUT2D eigenvalue weighted by molar-refractivity contribution is -0.0822. The molecule has 0 aromatic carbocycles. The summed E-state index contributed by atoms with van der Waals surface area (Å²) in [5.74, 6) is 4.72. The van der Waals surface area contributed by atoms with Gasteiger partial charge in [-0.1, -0.05) is 39.9 Å². The molecule has 4 aliphatic rings. The highest BCUT2D eigenvalue weighted by Gasteiger charge is 2.56. The topological polar surface area (TPSA) is 9.23 Å². The third-order valence-corrected chi connectivity index (χ3v) is 15.5. The minimum Gasteiger partial charge on any atom is -0.412 e. The molecule has 3 heteroatoms. The van der Waals surface area contributed by atoms with Gasteiger partial charge in [-0.25, -0.2) is 0 Å². The van der Waals surface area contributed by atoms with E-state index in [2.05, 4.69) is 47.7 Å². The highest BCUT2D eigenvalue weighted by atomic mass is 32.1. The Morgan fingerprint density at radius 1 is 0.929 bits per heavy atom. The van der Waals surface area contributed by atoms with Crippen molar-refractivity contribution in [1.29, 1.82) is 0 Å². The largest absolute Gasteiger partial charge is 0.412 e. The molecule has 0 aromatic heterocycles. The van der Waals surface area contributed by atoms with Gasteiger partial charge < -0.3 is 4.43 Å². The summed E-state index contributed by atoms with van der Waals surface area (Å²) in [6, 6.07) is 0. The molecule has 4 aliphatic carbocycles. The van der Waals surface area contributed by atoms with Crippen molar-refractivity contribution >= 4 is 25.4 Å². The molecular weight excluding hydrogens is 376 g/mol. The average molecular weight is 421 g/mol. The van der Waals surface area contributed by atoms with Gasteiger partial charge in [-0.3, -0.25) is 0 Å². The fourth-order valence-corrected chi connectivity index (χ4v) is 9.79. The third kappa shape index (κ3) is 3.40. The van der Waals surface area contributed by atoms with E-state index in [1.165, 1.54) is 62.7 Å². The maximum atomic E-state index is 7.04. The van der Waals surface area contributed by atoms with Gasteiger partial charge in [-0.2, -0.15) is 0 Å². The molecule has 4 rings (SSSR count). The Labute approximate surface area is 180 Å². The van der Waals surface area contributed by atoms with Crippen LogP contribution < -0.4 is 0 Å². The van der Waals surface area contributed by atoms with Crippen molar-refractivity contribution in [1.82, 2.24) is 0 Å². The molecule has 0 aromatic rings. The Morgan fingerprint density at radius 2 is 1.61 bits per heavy atom. The quantitative estimate of drug-likeness (QED) is 0.333. The first-order valence-electron chi connectivity index (χ1n) is 12.1. The average Bonchev–Trinajstić information content (AvgIpc) is 2.88. The van der Waals surface area contributed by atoms with Crippen LogP contribution in [0.15, 0.2) is 0 Å². The van der Waals surface area contributed by atoms with E-state index in [9.17, 15) is 0 Å². The van der Waals surface area contributed by atoms with Crippen LogP contribution in [0.4, 0.5) is 0 Å². The van der Waals surface area contributed by atoms with Crippen LogP contribution in [0.25, 0.3) is 0 Å². The van der Waals surface area contributed by atoms with E-state index in [0.717, 1.165) is 29.6 Å². The van der Waals surface area contributed by atoms with E-state index in [4.69, 9.17) is 16.6 Å². The molecule has 28 heavy (non-hydrogen) atoms. The first kappa shape index (κ1) is 21.5. The van der Waals surface area contributed by atoms with Gasteiger partial charge in [-0.15, -0.1) is 0 Å². The molecule has 1 nitrogen and oxygen atoms in total. The van der Waals surface area contributed by atoms with E-state index < -0.39 is 8.32 Å². The monoisotopic (exact) mass is 420 g/mol. The molecule has 0 N–H and O–H groups in total. The molecule has 0 saturated heterocycles. The van der Waals surface area contributed by atoms with E-state index in [1.807, 2.05) is 0 Å². The summed E-state index contributed by atoms with van der Waals surface area (Å²) in [4.78, 5) is 1.41. The van der Waals surface area contributed by atoms with Gasteiger partial charge in [0.15, 0.2) is 8.32 Å². The van der Waals surface area contributed by atoms with Crippen LogP contribution in [0.5, 0.6) is 0 Å². The van der Waals surface area contributed by atoms with Gasteiger partial charge in [0.1, 0.15) is 0 Å². The number of thiocarbonyl (C=S) groups is 1. The summed E-state index contributed by atoms with van der Waals surface area (Å²) in [7, 11) is -1.71. The van der Waals surface area contributed by atoms with Crippen LogP contribution in [0.1, 0.15) is 92.4 Å². The molecule has 0 spiro atoms. The predicted octanol–water partition coefficient (Wildman–Crippen LogP) is 7.79. The van der Waals surface area contributed by atoms with Gasteiger partial charge in [0, 0.05) is 5.41 Å². The first-order chi connectivity index (χ1) is 12.9. The summed E-state index contributed by atoms with van der Waals surface area (Å²) < 4.78 is 7.04. The second-order valence-corrected chi connectivity index (χ2v) is 18.1. The van der Waals surface area contributed by atoms with Crippen molar-refractivity contribution in [2.24, 2.45) is 35.0 Å². The lowest BCUT2D eigenvalue weighted by Gasteiger charge is -2.57. The fourth-order valence-electron chi connectivity index (χ4n) is 7.70. The van der Waals surface area contributed by atoms with Crippen LogP contribution in [0.2, 0.25) is 18.1 Å². The van der Waals surface area contributed by atoms with Crippen molar-refractivity contribution in [3.63, 3.8) is 0 Å². The number of hydrogen-bond acceptors (Lipinski definition) is 2. The molecule has 0 aliphatic heterocycles. The molecule has 4 fully saturated rings. The van der Waals surface area contributed by atoms with Crippen molar-refractivity contribution in [3.05, 3.63) is 0 Å². The molecule has 0 heterocycles. The van der Waals surface area contributed by atoms with Crippen molar-refractivity contribution < 1.29 is 4.43 Å². The van der Waals surface area contributed by atoms with Crippen LogP contribution in [0.3, 0.4) is 0 Å². The van der Waals surface area contributed by atoms with Crippen LogP contribution in [-0.4, -0.2) is 18.8 Å². The Hall–Kier alpha value is 0.267. The summed E-state index contributed by atoms with van der Waals surface area (Å²) in [6.45, 7) is 17.0. The Morgan fingerprint density at radius 3 is 2.29 bits per heavy atom. The van der Waals surface area contributed by atoms with Crippen LogP contribution in [0, 0.1) is 35.0 Å². The molecule has 7 atom stereocenters. The lowest BCUT2D eigenvalue weighted by Crippen LogP contribution is -2.54. The summed E-state index contributed by atoms with van der Waals surface area (Å²) in [6.07, 6.45) is 12.3. The minimum atomic E-state index is -1.71. The second kappa shape index (κ2) is 6.89. The third-order valence-electron chi connectivity index (χ3n) is 10.2. The molecular formula is C25H44OSSi. The highest BCUT2D eigenvalue weighted by molar-refractivity contribution is 7.80. The summed E-state index contributed by atoms with van der Waals surface area (Å²) in [5.41, 5.74) is 0.521. The number of hydrogen-bond donors (Lipinski definition) is 0. The number of rotatable bonds is 2. The summed E-state index contributed by atoms with van der Waals surface area (Å²) in [5, 5.41) is 0.305. The van der Waals surface area contributed by atoms with E-state index in [0.29, 0.717) is 10.5 Å². The van der Waals surface area contributed by atoms with Gasteiger partial charge in [0.05, 0.1) is 5.60 Å². The van der Waals surface area contributed by atoms with Crippen molar-refractivity contribution in [2.75, 3.05) is 0 Å².